The van der Waals surface area contributed by atoms with E-state index in [0.29, 0.717) is 12.2 Å². The minimum atomic E-state index is -4.52. The van der Waals surface area contributed by atoms with Crippen LogP contribution in [0.2, 0.25) is 0 Å². The summed E-state index contributed by atoms with van der Waals surface area (Å²) in [5, 5.41) is 2.96. The number of sulfone groups is 1. The third-order valence-corrected chi connectivity index (χ3v) is 4.25. The Morgan fingerprint density at radius 1 is 1.28 bits per heavy atom. The minimum absolute atomic E-state index is 0.0329. The third kappa shape index (κ3) is 3.81. The van der Waals surface area contributed by atoms with Gasteiger partial charge in [0.05, 0.1) is 10.3 Å². The Labute approximate surface area is 110 Å². The van der Waals surface area contributed by atoms with Gasteiger partial charge in [-0.05, 0) is 30.7 Å². The molecule has 0 fully saturated rings. The molecule has 1 unspecified atom stereocenters. The molecule has 0 radical (unpaired) electrons. The first-order valence-corrected chi connectivity index (χ1v) is 7.36. The first-order valence-electron chi connectivity index (χ1n) is 5.38. The number of hydrogen-bond acceptors (Lipinski definition) is 3. The van der Waals surface area contributed by atoms with Gasteiger partial charge in [0.1, 0.15) is 0 Å². The quantitative estimate of drug-likeness (QED) is 0.821. The van der Waals surface area contributed by atoms with E-state index >= 15 is 0 Å². The van der Waals surface area contributed by atoms with Crippen LogP contribution in [0.5, 0.6) is 0 Å². The second-order valence-corrected chi connectivity index (χ2v) is 6.25. The molecule has 1 atom stereocenters. The van der Waals surface area contributed by atoms with Crippen molar-refractivity contribution in [2.24, 2.45) is 0 Å². The number of alkyl halides is 3. The Kier molecular flexibility index (Phi) is 5.34. The van der Waals surface area contributed by atoms with Crippen LogP contribution in [0.25, 0.3) is 0 Å². The van der Waals surface area contributed by atoms with E-state index in [1.54, 1.807) is 0 Å². The van der Waals surface area contributed by atoms with Crippen molar-refractivity contribution in [3.05, 3.63) is 24.3 Å². The molecule has 0 heterocycles. The number of halogens is 3. The molecule has 1 aromatic rings. The minimum Gasteiger partial charge on any atom is -0.384 e. The lowest BCUT2D eigenvalue weighted by Gasteiger charge is -2.10. The summed E-state index contributed by atoms with van der Waals surface area (Å²) in [6.07, 6.45) is 0.798. The van der Waals surface area contributed by atoms with Crippen LogP contribution >= 0.6 is 11.6 Å². The topological polar surface area (TPSA) is 46.2 Å². The fourth-order valence-corrected chi connectivity index (χ4v) is 2.04. The average molecular weight is 298 g/mol. The predicted octanol–water partition coefficient (Wildman–Crippen LogP) is 3.11. The molecular formula is C11H14ClF2NO2S. The van der Waals surface area contributed by atoms with Crippen LogP contribution in [-0.2, 0) is 9.84 Å². The molecule has 3 nitrogen and oxygen atoms in total. The molecule has 1 N–H and O–H groups in total. The first-order chi connectivity index (χ1) is 8.37. The smallest absolute Gasteiger partial charge is 0.341 e. The van der Waals surface area contributed by atoms with E-state index in [9.17, 15) is 17.2 Å². The van der Waals surface area contributed by atoms with E-state index < -0.39 is 15.6 Å². The summed E-state index contributed by atoms with van der Waals surface area (Å²) >= 11 is 5.90. The molecule has 0 saturated heterocycles. The van der Waals surface area contributed by atoms with Gasteiger partial charge < -0.3 is 5.32 Å². The Balaban J connectivity index is 2.75. The van der Waals surface area contributed by atoms with Crippen LogP contribution in [0.3, 0.4) is 0 Å². The highest BCUT2D eigenvalue weighted by atomic mass is 35.5. The number of nitrogens with one attached hydrogen (secondary N) is 1. The molecule has 0 aliphatic heterocycles. The van der Waals surface area contributed by atoms with Crippen LogP contribution in [0.4, 0.5) is 14.5 Å². The van der Waals surface area contributed by atoms with Crippen LogP contribution < -0.4 is 5.32 Å². The summed E-state index contributed by atoms with van der Waals surface area (Å²) in [7, 11) is -4.52. The summed E-state index contributed by atoms with van der Waals surface area (Å²) in [4.78, 5) is -0.388. The molecule has 0 amide bonds. The van der Waals surface area contributed by atoms with Crippen molar-refractivity contribution in [3.8, 4) is 0 Å². The van der Waals surface area contributed by atoms with E-state index in [1.165, 1.54) is 12.1 Å². The lowest BCUT2D eigenvalue weighted by Crippen LogP contribution is -2.14. The molecule has 0 saturated carbocycles. The fourth-order valence-electron chi connectivity index (χ4n) is 1.24. The van der Waals surface area contributed by atoms with Gasteiger partial charge >= 0.3 is 5.76 Å². The summed E-state index contributed by atoms with van der Waals surface area (Å²) in [6, 6.07) is 5.18. The monoisotopic (exact) mass is 297 g/mol. The zero-order valence-corrected chi connectivity index (χ0v) is 11.3. The maximum absolute atomic E-state index is 12.3. The molecule has 102 valence electrons. The zero-order valence-electron chi connectivity index (χ0n) is 9.74. The highest BCUT2D eigenvalue weighted by Gasteiger charge is 2.26. The Morgan fingerprint density at radius 2 is 1.83 bits per heavy atom. The number of rotatable bonds is 6. The zero-order chi connectivity index (χ0) is 13.8. The van der Waals surface area contributed by atoms with Crippen molar-refractivity contribution in [2.45, 2.75) is 29.4 Å². The van der Waals surface area contributed by atoms with Gasteiger partial charge in [-0.1, -0.05) is 6.92 Å². The van der Waals surface area contributed by atoms with Gasteiger partial charge in [-0.15, -0.1) is 11.6 Å². The molecule has 0 aromatic heterocycles. The van der Waals surface area contributed by atoms with E-state index in [-0.39, 0.29) is 10.3 Å². The summed E-state index contributed by atoms with van der Waals surface area (Å²) in [5.41, 5.74) is 0.641. The first kappa shape index (κ1) is 15.2. The molecule has 1 aromatic carbocycles. The lowest BCUT2D eigenvalue weighted by atomic mass is 10.3. The Morgan fingerprint density at radius 3 is 2.28 bits per heavy atom. The van der Waals surface area contributed by atoms with Gasteiger partial charge in [0.15, 0.2) is 0 Å². The van der Waals surface area contributed by atoms with Crippen LogP contribution in [0, 0.1) is 0 Å². The highest BCUT2D eigenvalue weighted by Crippen LogP contribution is 2.20. The lowest BCUT2D eigenvalue weighted by molar-refractivity contribution is 0.234. The SMILES string of the molecule is CCC(Cl)CNc1ccc(S(=O)(=O)C(F)F)cc1. The van der Waals surface area contributed by atoms with Crippen molar-refractivity contribution in [1.82, 2.24) is 0 Å². The number of benzene rings is 1. The van der Waals surface area contributed by atoms with E-state index in [4.69, 9.17) is 11.6 Å². The van der Waals surface area contributed by atoms with Crippen LogP contribution in [-0.4, -0.2) is 26.1 Å². The fraction of sp³-hybridized carbons (Fsp3) is 0.455. The standard InChI is InChI=1S/C11H14ClF2NO2S/c1-2-8(12)7-15-9-3-5-10(6-4-9)18(16,17)11(13)14/h3-6,8,11,15H,2,7H2,1H3. The van der Waals surface area contributed by atoms with E-state index in [1.807, 2.05) is 6.92 Å². The van der Waals surface area contributed by atoms with Gasteiger partial charge in [0.2, 0.25) is 9.84 Å². The van der Waals surface area contributed by atoms with Crippen molar-refractivity contribution < 1.29 is 17.2 Å². The van der Waals surface area contributed by atoms with Gasteiger partial charge in [0.25, 0.3) is 0 Å². The van der Waals surface area contributed by atoms with Gasteiger partial charge in [-0.3, -0.25) is 0 Å². The van der Waals surface area contributed by atoms with Gasteiger partial charge in [0, 0.05) is 12.2 Å². The normalized spacial score (nSPS) is 13.6. The largest absolute Gasteiger partial charge is 0.384 e. The predicted molar refractivity (Wildman–Crippen MR) is 68.1 cm³/mol. The molecule has 0 spiro atoms. The average Bonchev–Trinajstić information content (AvgIpc) is 2.36. The highest BCUT2D eigenvalue weighted by molar-refractivity contribution is 7.91. The molecule has 1 rings (SSSR count). The maximum atomic E-state index is 12.3. The Bertz CT molecular complexity index is 476. The maximum Gasteiger partial charge on any atom is 0.341 e. The Hall–Kier alpha value is -0.880. The second-order valence-electron chi connectivity index (χ2n) is 3.72. The van der Waals surface area contributed by atoms with Crippen molar-refractivity contribution >= 4 is 27.1 Å². The molecule has 18 heavy (non-hydrogen) atoms. The summed E-state index contributed by atoms with van der Waals surface area (Å²) in [6.45, 7) is 2.47. The van der Waals surface area contributed by atoms with Crippen LogP contribution in [0.1, 0.15) is 13.3 Å². The third-order valence-electron chi connectivity index (χ3n) is 2.39. The summed E-state index contributed by atoms with van der Waals surface area (Å²) < 4.78 is 46.9. The van der Waals surface area contributed by atoms with Crippen molar-refractivity contribution in [2.75, 3.05) is 11.9 Å². The molecule has 7 heteroatoms. The van der Waals surface area contributed by atoms with Crippen molar-refractivity contribution in [3.63, 3.8) is 0 Å². The van der Waals surface area contributed by atoms with Gasteiger partial charge in [-0.2, -0.15) is 8.78 Å². The summed E-state index contributed by atoms with van der Waals surface area (Å²) in [5.74, 6) is -3.40. The van der Waals surface area contributed by atoms with E-state index in [0.717, 1.165) is 18.6 Å². The molecule has 0 aliphatic rings. The van der Waals surface area contributed by atoms with Crippen molar-refractivity contribution in [1.29, 1.82) is 0 Å². The van der Waals surface area contributed by atoms with Gasteiger partial charge in [-0.25, -0.2) is 8.42 Å². The van der Waals surface area contributed by atoms with E-state index in [2.05, 4.69) is 5.32 Å². The molecule has 0 aliphatic carbocycles. The number of hydrogen-bond donors (Lipinski definition) is 1. The second kappa shape index (κ2) is 6.33. The number of anilines is 1. The van der Waals surface area contributed by atoms with Crippen LogP contribution in [0.15, 0.2) is 29.2 Å². The molecular weight excluding hydrogens is 284 g/mol. The molecule has 0 bridgehead atoms.